The molecule has 106 valence electrons. The molecular formula is C16H10F2O2Se. The van der Waals surface area contributed by atoms with Crippen LogP contribution < -0.4 is 0 Å². The fraction of sp³-hybridized carbons (Fsp3) is 0. The van der Waals surface area contributed by atoms with E-state index in [2.05, 4.69) is 0 Å². The first-order valence-electron chi connectivity index (χ1n) is 6.10. The summed E-state index contributed by atoms with van der Waals surface area (Å²) >= 11 is 0.105. The van der Waals surface area contributed by atoms with E-state index in [0.717, 1.165) is 11.1 Å². The summed E-state index contributed by atoms with van der Waals surface area (Å²) in [6, 6.07) is 8.35. The van der Waals surface area contributed by atoms with E-state index in [1.807, 2.05) is 9.88 Å². The average molecular weight is 351 g/mol. The molecule has 21 heavy (non-hydrogen) atoms. The normalized spacial score (nSPS) is 10.8. The maximum absolute atomic E-state index is 13.5. The molecule has 0 saturated carbocycles. The molecule has 0 atom stereocenters. The van der Waals surface area contributed by atoms with Crippen LogP contribution in [0, 0.1) is 11.6 Å². The van der Waals surface area contributed by atoms with Gasteiger partial charge in [0.05, 0.1) is 0 Å². The number of rotatable bonds is 2. The molecule has 0 bridgehead atoms. The monoisotopic (exact) mass is 352 g/mol. The van der Waals surface area contributed by atoms with Crippen molar-refractivity contribution in [1.29, 1.82) is 0 Å². The number of hydrogen-bond acceptors (Lipinski definition) is 2. The molecular weight excluding hydrogens is 341 g/mol. The van der Waals surface area contributed by atoms with E-state index in [9.17, 15) is 19.0 Å². The van der Waals surface area contributed by atoms with Crippen LogP contribution in [0.25, 0.3) is 22.3 Å². The molecule has 0 unspecified atom stereocenters. The molecule has 0 aliphatic heterocycles. The minimum atomic E-state index is -0.691. The summed E-state index contributed by atoms with van der Waals surface area (Å²) in [5.41, 5.74) is 2.87. The van der Waals surface area contributed by atoms with Gasteiger partial charge in [0.2, 0.25) is 0 Å². The predicted molar refractivity (Wildman–Crippen MR) is 77.5 cm³/mol. The Kier molecular flexibility index (Phi) is 3.53. The van der Waals surface area contributed by atoms with Crippen LogP contribution in [0.1, 0.15) is 0 Å². The van der Waals surface area contributed by atoms with Crippen molar-refractivity contribution in [3.63, 3.8) is 0 Å². The number of aromatic hydroxyl groups is 2. The van der Waals surface area contributed by atoms with Crippen LogP contribution in [0.3, 0.4) is 0 Å². The van der Waals surface area contributed by atoms with E-state index in [1.54, 1.807) is 12.1 Å². The second kappa shape index (κ2) is 5.35. The van der Waals surface area contributed by atoms with Gasteiger partial charge in [-0.1, -0.05) is 0 Å². The Balaban J connectivity index is 2.12. The zero-order valence-electron chi connectivity index (χ0n) is 10.7. The van der Waals surface area contributed by atoms with Gasteiger partial charge in [-0.25, -0.2) is 0 Å². The number of phenols is 2. The van der Waals surface area contributed by atoms with Crippen molar-refractivity contribution in [2.24, 2.45) is 0 Å². The SMILES string of the molecule is Oc1ccc(-c2c[se]cc2-c2ccc(O)c(F)c2)cc1F. The summed E-state index contributed by atoms with van der Waals surface area (Å²) < 4.78 is 27.0. The molecule has 0 aliphatic rings. The number of halogens is 2. The van der Waals surface area contributed by atoms with Crippen LogP contribution in [-0.2, 0) is 0 Å². The zero-order valence-corrected chi connectivity index (χ0v) is 12.4. The molecule has 0 fully saturated rings. The van der Waals surface area contributed by atoms with E-state index in [0.29, 0.717) is 11.1 Å². The zero-order chi connectivity index (χ0) is 15.0. The summed E-state index contributed by atoms with van der Waals surface area (Å²) in [5.74, 6) is -2.18. The van der Waals surface area contributed by atoms with Gasteiger partial charge in [-0.15, -0.1) is 0 Å². The van der Waals surface area contributed by atoms with Crippen molar-refractivity contribution < 1.29 is 19.0 Å². The fourth-order valence-electron chi connectivity index (χ4n) is 2.09. The number of benzene rings is 2. The van der Waals surface area contributed by atoms with Crippen molar-refractivity contribution in [3.05, 3.63) is 57.9 Å². The van der Waals surface area contributed by atoms with Gasteiger partial charge in [0.15, 0.2) is 0 Å². The van der Waals surface area contributed by atoms with Crippen LogP contribution in [-0.4, -0.2) is 24.7 Å². The first-order chi connectivity index (χ1) is 10.1. The second-order valence-electron chi connectivity index (χ2n) is 4.53. The molecule has 0 aliphatic carbocycles. The second-order valence-corrected chi connectivity index (χ2v) is 6.09. The third kappa shape index (κ3) is 2.58. The van der Waals surface area contributed by atoms with Crippen LogP contribution >= 0.6 is 0 Å². The standard InChI is InChI=1S/C16H10F2O2Se/c17-13-5-9(1-3-15(13)19)11-7-21-8-12(11)10-2-4-16(20)14(18)6-10/h1-8,19-20H. The van der Waals surface area contributed by atoms with E-state index in [4.69, 9.17) is 0 Å². The molecule has 0 amide bonds. The number of phenolic OH excluding ortho intramolecular Hbond substituents is 2. The van der Waals surface area contributed by atoms with Crippen LogP contribution in [0.4, 0.5) is 8.78 Å². The molecule has 3 rings (SSSR count). The summed E-state index contributed by atoms with van der Waals surface area (Å²) in [6.07, 6.45) is 0. The van der Waals surface area contributed by atoms with Gasteiger partial charge >= 0.3 is 125 Å². The van der Waals surface area contributed by atoms with Gasteiger partial charge in [-0.3, -0.25) is 0 Å². The van der Waals surface area contributed by atoms with Gasteiger partial charge in [-0.05, 0) is 0 Å². The summed E-state index contributed by atoms with van der Waals surface area (Å²) in [5, 5.41) is 18.5. The van der Waals surface area contributed by atoms with Crippen molar-refractivity contribution in [2.75, 3.05) is 0 Å². The van der Waals surface area contributed by atoms with E-state index in [1.165, 1.54) is 24.3 Å². The summed E-state index contributed by atoms with van der Waals surface area (Å²) in [7, 11) is 0. The van der Waals surface area contributed by atoms with Gasteiger partial charge in [0.1, 0.15) is 0 Å². The Hall–Kier alpha value is -2.10. The molecule has 1 aromatic heterocycles. The van der Waals surface area contributed by atoms with E-state index in [-0.39, 0.29) is 14.5 Å². The Labute approximate surface area is 125 Å². The third-order valence-electron chi connectivity index (χ3n) is 3.18. The Morgan fingerprint density at radius 1 is 0.714 bits per heavy atom. The fourth-order valence-corrected chi connectivity index (χ4v) is 3.91. The molecule has 0 spiro atoms. The molecule has 2 aromatic carbocycles. The van der Waals surface area contributed by atoms with Gasteiger partial charge < -0.3 is 0 Å². The maximum atomic E-state index is 13.5. The molecule has 2 nitrogen and oxygen atoms in total. The average Bonchev–Trinajstić information content (AvgIpc) is 2.94. The molecule has 2 N–H and O–H groups in total. The molecule has 3 aromatic rings. The van der Waals surface area contributed by atoms with Crippen molar-refractivity contribution in [3.8, 4) is 33.8 Å². The van der Waals surface area contributed by atoms with Crippen LogP contribution in [0.15, 0.2) is 46.3 Å². The quantitative estimate of drug-likeness (QED) is 0.690. The minimum absolute atomic E-state index is 0.105. The van der Waals surface area contributed by atoms with E-state index < -0.39 is 23.1 Å². The molecule has 5 heteroatoms. The first kappa shape index (κ1) is 13.9. The first-order valence-corrected chi connectivity index (χ1v) is 8.08. The van der Waals surface area contributed by atoms with E-state index >= 15 is 0 Å². The van der Waals surface area contributed by atoms with Crippen molar-refractivity contribution in [1.82, 2.24) is 0 Å². The Bertz CT molecular complexity index is 746. The summed E-state index contributed by atoms with van der Waals surface area (Å²) in [4.78, 5) is 3.94. The van der Waals surface area contributed by atoms with Crippen LogP contribution in [0.5, 0.6) is 11.5 Å². The molecule has 0 radical (unpaired) electrons. The van der Waals surface area contributed by atoms with Gasteiger partial charge in [0.25, 0.3) is 0 Å². The topological polar surface area (TPSA) is 40.5 Å². The van der Waals surface area contributed by atoms with Crippen molar-refractivity contribution >= 4 is 14.5 Å². The van der Waals surface area contributed by atoms with Gasteiger partial charge in [0, 0.05) is 0 Å². The Morgan fingerprint density at radius 2 is 1.14 bits per heavy atom. The summed E-state index contributed by atoms with van der Waals surface area (Å²) in [6.45, 7) is 0. The van der Waals surface area contributed by atoms with Crippen LogP contribution in [0.2, 0.25) is 0 Å². The van der Waals surface area contributed by atoms with Gasteiger partial charge in [-0.2, -0.15) is 0 Å². The number of hydrogen-bond donors (Lipinski definition) is 2. The predicted octanol–water partition coefficient (Wildman–Crippen LogP) is 3.77. The Morgan fingerprint density at radius 3 is 1.52 bits per heavy atom. The molecule has 0 saturated heterocycles. The molecule has 1 heterocycles. The third-order valence-corrected chi connectivity index (χ3v) is 4.74. The van der Waals surface area contributed by atoms with Crippen molar-refractivity contribution in [2.45, 2.75) is 0 Å².